The van der Waals surface area contributed by atoms with Crippen molar-refractivity contribution in [3.63, 3.8) is 0 Å². The zero-order valence-electron chi connectivity index (χ0n) is 11.5. The number of nitrogens with one attached hydrogen (secondary N) is 1. The molecule has 0 unspecified atom stereocenters. The summed E-state index contributed by atoms with van der Waals surface area (Å²) in [5, 5.41) is 12.8. The average molecular weight is 412 g/mol. The van der Waals surface area contributed by atoms with Gasteiger partial charge < -0.3 is 4.98 Å². The highest BCUT2D eigenvalue weighted by atomic mass is 79.9. The molecule has 0 aliphatic carbocycles. The third-order valence-corrected chi connectivity index (χ3v) is 4.47. The summed E-state index contributed by atoms with van der Waals surface area (Å²) in [4.78, 5) is 14.3. The number of aromatic amines is 1. The second-order valence-corrected chi connectivity index (χ2v) is 6.47. The van der Waals surface area contributed by atoms with E-state index in [0.29, 0.717) is 37.0 Å². The van der Waals surface area contributed by atoms with Crippen LogP contribution in [-0.4, -0.2) is 9.91 Å². The summed E-state index contributed by atoms with van der Waals surface area (Å²) in [5.74, 6) is 0. The minimum Gasteiger partial charge on any atom is -0.343 e. The largest absolute Gasteiger partial charge is 0.343 e. The summed E-state index contributed by atoms with van der Waals surface area (Å²) < 4.78 is 0.538. The van der Waals surface area contributed by atoms with Gasteiger partial charge in [-0.1, -0.05) is 47.5 Å². The van der Waals surface area contributed by atoms with Crippen LogP contribution in [0.5, 0.6) is 0 Å². The lowest BCUT2D eigenvalue weighted by Gasteiger charge is -2.01. The molecule has 0 atom stereocenters. The molecule has 0 saturated heterocycles. The van der Waals surface area contributed by atoms with Gasteiger partial charge in [0.25, 0.3) is 0 Å². The molecule has 1 aromatic heterocycles. The van der Waals surface area contributed by atoms with Crippen LogP contribution in [0, 0.1) is 10.1 Å². The van der Waals surface area contributed by atoms with E-state index in [9.17, 15) is 10.1 Å². The monoisotopic (exact) mass is 410 g/mol. The molecule has 0 bridgehead atoms. The number of hydrogen-bond acceptors (Lipinski definition) is 2. The van der Waals surface area contributed by atoms with E-state index < -0.39 is 4.92 Å². The minimum atomic E-state index is -0.394. The first kappa shape index (κ1) is 16.1. The van der Waals surface area contributed by atoms with Gasteiger partial charge in [0.05, 0.1) is 15.1 Å². The van der Waals surface area contributed by atoms with Gasteiger partial charge in [0.2, 0.25) is 0 Å². The smallest absolute Gasteiger partial charge is 0.303 e. The zero-order valence-corrected chi connectivity index (χ0v) is 14.6. The van der Waals surface area contributed by atoms with Gasteiger partial charge in [0.1, 0.15) is 5.69 Å². The predicted molar refractivity (Wildman–Crippen MR) is 96.0 cm³/mol. The SMILES string of the molecule is O=[N+]([O-])c1c(-c2ccc(Cl)cc2)[nH]c(Br)c1-c1ccc(Cl)cc1. The second-order valence-electron chi connectivity index (χ2n) is 4.81. The molecule has 0 aliphatic rings. The van der Waals surface area contributed by atoms with Crippen LogP contribution in [-0.2, 0) is 0 Å². The Kier molecular flexibility index (Phi) is 4.43. The van der Waals surface area contributed by atoms with Crippen LogP contribution in [0.4, 0.5) is 5.69 Å². The van der Waals surface area contributed by atoms with Crippen molar-refractivity contribution >= 4 is 44.8 Å². The van der Waals surface area contributed by atoms with Crippen LogP contribution in [0.2, 0.25) is 10.0 Å². The summed E-state index contributed by atoms with van der Waals surface area (Å²) in [6, 6.07) is 13.7. The van der Waals surface area contributed by atoms with Crippen molar-refractivity contribution in [1.29, 1.82) is 0 Å². The molecular weight excluding hydrogens is 403 g/mol. The van der Waals surface area contributed by atoms with E-state index in [1.54, 1.807) is 48.5 Å². The highest BCUT2D eigenvalue weighted by molar-refractivity contribution is 9.10. The van der Waals surface area contributed by atoms with Gasteiger partial charge in [0, 0.05) is 15.6 Å². The van der Waals surface area contributed by atoms with Crippen molar-refractivity contribution < 1.29 is 4.92 Å². The van der Waals surface area contributed by atoms with Gasteiger partial charge in [-0.25, -0.2) is 0 Å². The fourth-order valence-corrected chi connectivity index (χ4v) is 3.22. The molecule has 3 rings (SSSR count). The maximum absolute atomic E-state index is 11.6. The Balaban J connectivity index is 2.23. The number of H-pyrrole nitrogens is 1. The molecule has 0 spiro atoms. The molecule has 0 amide bonds. The van der Waals surface area contributed by atoms with Crippen molar-refractivity contribution in [3.05, 3.63) is 73.3 Å². The minimum absolute atomic E-state index is 0.00141. The lowest BCUT2D eigenvalue weighted by Crippen LogP contribution is -1.91. The Hall–Kier alpha value is -1.82. The van der Waals surface area contributed by atoms with Crippen molar-refractivity contribution in [2.45, 2.75) is 0 Å². The van der Waals surface area contributed by atoms with E-state index >= 15 is 0 Å². The molecular formula is C16H9BrCl2N2O2. The molecule has 1 N–H and O–H groups in total. The van der Waals surface area contributed by atoms with E-state index in [-0.39, 0.29) is 5.69 Å². The average Bonchev–Trinajstić information content (AvgIpc) is 2.86. The fourth-order valence-electron chi connectivity index (χ4n) is 2.35. The Morgan fingerprint density at radius 3 is 1.87 bits per heavy atom. The summed E-state index contributed by atoms with van der Waals surface area (Å²) in [6.07, 6.45) is 0. The van der Waals surface area contributed by atoms with Crippen molar-refractivity contribution in [2.75, 3.05) is 0 Å². The van der Waals surface area contributed by atoms with Crippen molar-refractivity contribution in [3.8, 4) is 22.4 Å². The second kappa shape index (κ2) is 6.35. The number of benzene rings is 2. The molecule has 0 fully saturated rings. The first-order valence-corrected chi connectivity index (χ1v) is 8.10. The van der Waals surface area contributed by atoms with Crippen LogP contribution >= 0.6 is 39.1 Å². The number of halogens is 3. The third-order valence-electron chi connectivity index (χ3n) is 3.38. The summed E-state index contributed by atoms with van der Waals surface area (Å²) in [6.45, 7) is 0. The molecule has 1 heterocycles. The molecule has 116 valence electrons. The lowest BCUT2D eigenvalue weighted by molar-refractivity contribution is -0.383. The molecule has 0 saturated carbocycles. The van der Waals surface area contributed by atoms with E-state index in [4.69, 9.17) is 23.2 Å². The standard InChI is InChI=1S/C16H9BrCl2N2O2/c17-16-13(9-1-5-11(18)6-2-9)15(21(22)23)14(20-16)10-3-7-12(19)8-4-10/h1-8,20H. The molecule has 0 aliphatic heterocycles. The van der Waals surface area contributed by atoms with Gasteiger partial charge in [-0.05, 0) is 45.8 Å². The van der Waals surface area contributed by atoms with Crippen LogP contribution < -0.4 is 0 Å². The number of hydrogen-bond donors (Lipinski definition) is 1. The fraction of sp³-hybridized carbons (Fsp3) is 0. The maximum atomic E-state index is 11.6. The summed E-state index contributed by atoms with van der Waals surface area (Å²) >= 11 is 15.2. The Bertz CT molecular complexity index is 874. The first-order chi connectivity index (χ1) is 11.0. The summed E-state index contributed by atoms with van der Waals surface area (Å²) in [5.41, 5.74) is 2.29. The number of nitro groups is 1. The van der Waals surface area contributed by atoms with E-state index in [2.05, 4.69) is 20.9 Å². The van der Waals surface area contributed by atoms with Gasteiger partial charge >= 0.3 is 5.69 Å². The van der Waals surface area contributed by atoms with Crippen molar-refractivity contribution in [1.82, 2.24) is 4.98 Å². The Morgan fingerprint density at radius 1 is 0.913 bits per heavy atom. The maximum Gasteiger partial charge on any atom is 0.303 e. The Labute approximate surface area is 150 Å². The Morgan fingerprint density at radius 2 is 1.39 bits per heavy atom. The topological polar surface area (TPSA) is 58.9 Å². The van der Waals surface area contributed by atoms with Crippen LogP contribution in [0.25, 0.3) is 22.4 Å². The first-order valence-electron chi connectivity index (χ1n) is 6.55. The van der Waals surface area contributed by atoms with Gasteiger partial charge in [-0.2, -0.15) is 0 Å². The highest BCUT2D eigenvalue weighted by Gasteiger charge is 2.28. The zero-order chi connectivity index (χ0) is 16.6. The summed E-state index contributed by atoms with van der Waals surface area (Å²) in [7, 11) is 0. The van der Waals surface area contributed by atoms with Crippen LogP contribution in [0.1, 0.15) is 0 Å². The van der Waals surface area contributed by atoms with Crippen molar-refractivity contribution in [2.24, 2.45) is 0 Å². The molecule has 2 aromatic carbocycles. The third kappa shape index (κ3) is 3.13. The lowest BCUT2D eigenvalue weighted by atomic mass is 10.0. The molecule has 7 heteroatoms. The highest BCUT2D eigenvalue weighted by Crippen LogP contribution is 2.43. The van der Waals surface area contributed by atoms with Gasteiger partial charge in [0.15, 0.2) is 0 Å². The quantitative estimate of drug-likeness (QED) is 0.404. The van der Waals surface area contributed by atoms with E-state index in [1.807, 2.05) is 0 Å². The molecule has 4 nitrogen and oxygen atoms in total. The molecule has 3 aromatic rings. The molecule has 0 radical (unpaired) electrons. The number of aromatic nitrogens is 1. The molecule has 23 heavy (non-hydrogen) atoms. The van der Waals surface area contributed by atoms with Crippen LogP contribution in [0.3, 0.4) is 0 Å². The number of nitrogens with zero attached hydrogens (tertiary/aromatic N) is 1. The number of rotatable bonds is 3. The van der Waals surface area contributed by atoms with Gasteiger partial charge in [-0.3, -0.25) is 10.1 Å². The van der Waals surface area contributed by atoms with E-state index in [0.717, 1.165) is 0 Å². The van der Waals surface area contributed by atoms with Crippen LogP contribution in [0.15, 0.2) is 53.1 Å². The van der Waals surface area contributed by atoms with E-state index in [1.165, 1.54) is 0 Å². The van der Waals surface area contributed by atoms with Gasteiger partial charge in [-0.15, -0.1) is 0 Å². The predicted octanol–water partition coefficient (Wildman–Crippen LogP) is 6.33. The normalized spacial score (nSPS) is 10.7.